The molecule has 3 nitrogen and oxygen atoms in total. The Hall–Kier alpha value is -1.57. The Kier molecular flexibility index (Phi) is 3.40. The molecule has 23 heavy (non-hydrogen) atoms. The molecule has 0 N–H and O–H groups in total. The number of nitrogens with zero attached hydrogens (tertiary/aromatic N) is 1. The lowest BCUT2D eigenvalue weighted by Crippen LogP contribution is -2.52. The van der Waals surface area contributed by atoms with Crippen molar-refractivity contribution in [2.24, 2.45) is 5.92 Å². The van der Waals surface area contributed by atoms with E-state index in [0.717, 1.165) is 35.0 Å². The van der Waals surface area contributed by atoms with Gasteiger partial charge in [-0.3, -0.25) is 9.69 Å². The Balaban J connectivity index is 1.97. The van der Waals surface area contributed by atoms with E-state index in [0.29, 0.717) is 0 Å². The maximum atomic E-state index is 13.4. The van der Waals surface area contributed by atoms with Crippen LogP contribution in [0.3, 0.4) is 0 Å². The van der Waals surface area contributed by atoms with Crippen LogP contribution in [0.4, 0.5) is 5.69 Å². The fourth-order valence-electron chi connectivity index (χ4n) is 4.43. The first-order chi connectivity index (χ1) is 11.1. The zero-order valence-electron chi connectivity index (χ0n) is 13.0. The standard InChI is InChI=1S/C19H18BrNO2/c1-3-10-21-16-9-5-8-15(20)17(16)19(18(21)22)14-7-4-6-13(14)11-12(2)23-19/h1,5-6,8-9,12,14H,4,7,10-11H2,2H3/t12-,14?,19-/m1/s1. The van der Waals surface area contributed by atoms with Gasteiger partial charge in [0.25, 0.3) is 5.91 Å². The van der Waals surface area contributed by atoms with Crippen molar-refractivity contribution in [3.05, 3.63) is 39.9 Å². The highest BCUT2D eigenvalue weighted by Crippen LogP contribution is 2.57. The van der Waals surface area contributed by atoms with Crippen LogP contribution in [-0.4, -0.2) is 18.6 Å². The molecule has 4 rings (SSSR count). The van der Waals surface area contributed by atoms with Crippen LogP contribution in [0.1, 0.15) is 31.7 Å². The maximum Gasteiger partial charge on any atom is 0.265 e. The molecule has 0 radical (unpaired) electrons. The van der Waals surface area contributed by atoms with Crippen molar-refractivity contribution < 1.29 is 9.53 Å². The summed E-state index contributed by atoms with van der Waals surface area (Å²) >= 11 is 3.65. The Labute approximate surface area is 144 Å². The molecule has 1 spiro atoms. The van der Waals surface area contributed by atoms with Gasteiger partial charge in [-0.05, 0) is 38.3 Å². The summed E-state index contributed by atoms with van der Waals surface area (Å²) in [6, 6.07) is 5.88. The minimum Gasteiger partial charge on any atom is -0.356 e. The number of carbonyl (C=O) groups is 1. The van der Waals surface area contributed by atoms with E-state index in [2.05, 4.69) is 27.9 Å². The summed E-state index contributed by atoms with van der Waals surface area (Å²) in [7, 11) is 0. The topological polar surface area (TPSA) is 29.5 Å². The molecule has 2 heterocycles. The van der Waals surface area contributed by atoms with E-state index >= 15 is 0 Å². The van der Waals surface area contributed by atoms with E-state index in [9.17, 15) is 4.79 Å². The number of anilines is 1. The highest BCUT2D eigenvalue weighted by molar-refractivity contribution is 9.10. The molecule has 118 valence electrons. The number of terminal acetylenes is 1. The summed E-state index contributed by atoms with van der Waals surface area (Å²) in [5, 5.41) is 0. The third-order valence-corrected chi connectivity index (χ3v) is 5.84. The maximum absolute atomic E-state index is 13.4. The highest BCUT2D eigenvalue weighted by Gasteiger charge is 2.61. The number of allylic oxidation sites excluding steroid dienone is 1. The highest BCUT2D eigenvalue weighted by atomic mass is 79.9. The van der Waals surface area contributed by atoms with Crippen LogP contribution < -0.4 is 4.90 Å². The number of benzene rings is 1. The molecule has 1 aliphatic carbocycles. The molecule has 0 saturated carbocycles. The lowest BCUT2D eigenvalue weighted by atomic mass is 9.74. The lowest BCUT2D eigenvalue weighted by molar-refractivity contribution is -0.168. The second-order valence-corrected chi connectivity index (χ2v) is 7.36. The SMILES string of the molecule is C#CCN1C(=O)[C@]2(O[C@H](C)CC3=CCCC32)c2c(Br)cccc21. The number of amides is 1. The van der Waals surface area contributed by atoms with Gasteiger partial charge in [-0.1, -0.05) is 39.6 Å². The van der Waals surface area contributed by atoms with Crippen LogP contribution in [0.5, 0.6) is 0 Å². The van der Waals surface area contributed by atoms with Gasteiger partial charge < -0.3 is 4.74 Å². The Morgan fingerprint density at radius 2 is 2.35 bits per heavy atom. The molecule has 1 aromatic carbocycles. The summed E-state index contributed by atoms with van der Waals surface area (Å²) in [5.74, 6) is 2.72. The summed E-state index contributed by atoms with van der Waals surface area (Å²) < 4.78 is 7.33. The van der Waals surface area contributed by atoms with Gasteiger partial charge in [-0.25, -0.2) is 0 Å². The van der Waals surface area contributed by atoms with Gasteiger partial charge in [0.15, 0.2) is 5.60 Å². The zero-order valence-corrected chi connectivity index (χ0v) is 14.6. The van der Waals surface area contributed by atoms with Gasteiger partial charge in [-0.15, -0.1) is 6.42 Å². The first-order valence-corrected chi connectivity index (χ1v) is 8.80. The number of hydrogen-bond donors (Lipinski definition) is 0. The number of carbonyl (C=O) groups excluding carboxylic acids is 1. The zero-order chi connectivity index (χ0) is 16.2. The molecular formula is C19H18BrNO2. The van der Waals surface area contributed by atoms with Crippen molar-refractivity contribution in [2.45, 2.75) is 37.9 Å². The van der Waals surface area contributed by atoms with Crippen LogP contribution in [0.25, 0.3) is 0 Å². The molecule has 4 heteroatoms. The van der Waals surface area contributed by atoms with Crippen molar-refractivity contribution in [2.75, 3.05) is 11.4 Å². The molecule has 0 bridgehead atoms. The van der Waals surface area contributed by atoms with E-state index in [1.54, 1.807) is 4.90 Å². The first-order valence-electron chi connectivity index (χ1n) is 8.00. The molecule has 1 unspecified atom stereocenters. The third kappa shape index (κ3) is 1.90. The molecule has 1 aromatic rings. The van der Waals surface area contributed by atoms with Crippen LogP contribution in [0, 0.1) is 18.3 Å². The van der Waals surface area contributed by atoms with Gasteiger partial charge in [0.2, 0.25) is 0 Å². The lowest BCUT2D eigenvalue weighted by Gasteiger charge is -2.43. The molecular weight excluding hydrogens is 354 g/mol. The number of halogens is 1. The minimum absolute atomic E-state index is 0.0123. The Morgan fingerprint density at radius 1 is 1.52 bits per heavy atom. The Bertz CT molecular complexity index is 763. The van der Waals surface area contributed by atoms with Crippen molar-refractivity contribution in [1.29, 1.82) is 0 Å². The van der Waals surface area contributed by atoms with E-state index < -0.39 is 5.60 Å². The molecule has 1 fully saturated rings. The fraction of sp³-hybridized carbons (Fsp3) is 0.421. The number of ether oxygens (including phenoxy) is 1. The van der Waals surface area contributed by atoms with Crippen LogP contribution in [0.15, 0.2) is 34.3 Å². The largest absolute Gasteiger partial charge is 0.356 e. The van der Waals surface area contributed by atoms with E-state index in [-0.39, 0.29) is 24.5 Å². The number of rotatable bonds is 1. The second kappa shape index (κ2) is 5.22. The summed E-state index contributed by atoms with van der Waals surface area (Å²) in [6.45, 7) is 2.32. The van der Waals surface area contributed by atoms with Gasteiger partial charge in [0.1, 0.15) is 0 Å². The predicted octanol–water partition coefficient (Wildman–Crippen LogP) is 3.77. The summed E-state index contributed by atoms with van der Waals surface area (Å²) in [6.07, 6.45) is 10.7. The van der Waals surface area contributed by atoms with Crippen molar-refractivity contribution >= 4 is 27.5 Å². The average molecular weight is 372 g/mol. The summed E-state index contributed by atoms with van der Waals surface area (Å²) in [4.78, 5) is 15.1. The molecule has 3 aliphatic rings. The van der Waals surface area contributed by atoms with Gasteiger partial charge in [-0.2, -0.15) is 0 Å². The molecule has 1 saturated heterocycles. The van der Waals surface area contributed by atoms with E-state index in [1.807, 2.05) is 25.1 Å². The molecule has 0 aromatic heterocycles. The number of fused-ring (bicyclic) bond motifs is 4. The average Bonchev–Trinajstić information content (AvgIpc) is 3.06. The van der Waals surface area contributed by atoms with Crippen molar-refractivity contribution in [3.63, 3.8) is 0 Å². The van der Waals surface area contributed by atoms with Crippen molar-refractivity contribution in [3.8, 4) is 12.3 Å². The molecule has 1 amide bonds. The van der Waals surface area contributed by atoms with Crippen LogP contribution in [-0.2, 0) is 15.1 Å². The van der Waals surface area contributed by atoms with Crippen LogP contribution >= 0.6 is 15.9 Å². The quantitative estimate of drug-likeness (QED) is 0.555. The normalized spacial score (nSPS) is 31.8. The van der Waals surface area contributed by atoms with E-state index in [1.165, 1.54) is 5.57 Å². The van der Waals surface area contributed by atoms with Gasteiger partial charge in [0, 0.05) is 16.0 Å². The van der Waals surface area contributed by atoms with E-state index in [4.69, 9.17) is 11.2 Å². The molecule has 3 atom stereocenters. The molecule has 2 aliphatic heterocycles. The smallest absolute Gasteiger partial charge is 0.265 e. The third-order valence-electron chi connectivity index (χ3n) is 5.18. The first kappa shape index (κ1) is 15.0. The van der Waals surface area contributed by atoms with Crippen molar-refractivity contribution in [1.82, 2.24) is 0 Å². The Morgan fingerprint density at radius 3 is 3.13 bits per heavy atom. The van der Waals surface area contributed by atoms with Crippen LogP contribution in [0.2, 0.25) is 0 Å². The van der Waals surface area contributed by atoms with Gasteiger partial charge >= 0.3 is 0 Å². The number of hydrogen-bond acceptors (Lipinski definition) is 2. The predicted molar refractivity (Wildman–Crippen MR) is 93.0 cm³/mol. The minimum atomic E-state index is -0.924. The van der Waals surface area contributed by atoms with Gasteiger partial charge in [0.05, 0.1) is 18.3 Å². The fourth-order valence-corrected chi connectivity index (χ4v) is 5.08. The summed E-state index contributed by atoms with van der Waals surface area (Å²) in [5.41, 5.74) is 2.26. The monoisotopic (exact) mass is 371 g/mol. The second-order valence-electron chi connectivity index (χ2n) is 6.51.